The number of carboxylic acid groups (broad SMARTS) is 1. The lowest BCUT2D eigenvalue weighted by atomic mass is 9.92. The van der Waals surface area contributed by atoms with E-state index in [4.69, 9.17) is 17.3 Å². The third kappa shape index (κ3) is 3.63. The number of carbonyl (C=O) groups is 1. The van der Waals surface area contributed by atoms with Crippen molar-refractivity contribution in [1.82, 2.24) is 0 Å². The number of hydrogen-bond donors (Lipinski definition) is 2. The zero-order valence-electron chi connectivity index (χ0n) is 9.95. The Morgan fingerprint density at radius 3 is 2.76 bits per heavy atom. The predicted octanol–water partition coefficient (Wildman–Crippen LogP) is 3.67. The molecule has 1 rings (SSSR count). The van der Waals surface area contributed by atoms with Gasteiger partial charge in [0.1, 0.15) is 0 Å². The first-order valence-electron chi connectivity index (χ1n) is 5.84. The number of rotatable bonds is 6. The Kier molecular flexibility index (Phi) is 5.29. The molecule has 1 aromatic rings. The van der Waals surface area contributed by atoms with E-state index in [1.165, 1.54) is 0 Å². The molecule has 1 unspecified atom stereocenters. The van der Waals surface area contributed by atoms with Crippen LogP contribution in [0.5, 0.6) is 0 Å². The Balaban J connectivity index is 2.90. The predicted molar refractivity (Wildman–Crippen MR) is 70.4 cm³/mol. The first-order chi connectivity index (χ1) is 8.07. The Labute approximate surface area is 107 Å². The van der Waals surface area contributed by atoms with Crippen molar-refractivity contribution in [3.8, 4) is 0 Å². The average molecular weight is 256 g/mol. The average Bonchev–Trinajstić information content (AvgIpc) is 2.29. The fourth-order valence-electron chi connectivity index (χ4n) is 1.87. The summed E-state index contributed by atoms with van der Waals surface area (Å²) in [4.78, 5) is 11.3. The van der Waals surface area contributed by atoms with Gasteiger partial charge in [-0.1, -0.05) is 49.9 Å². The molecule has 0 aliphatic carbocycles. The van der Waals surface area contributed by atoms with Crippen molar-refractivity contribution >= 4 is 23.3 Å². The number of aliphatic carboxylic acids is 1. The van der Waals surface area contributed by atoms with Crippen molar-refractivity contribution in [2.75, 3.05) is 5.73 Å². The van der Waals surface area contributed by atoms with E-state index >= 15 is 0 Å². The summed E-state index contributed by atoms with van der Waals surface area (Å²) in [6.07, 6.45) is 3.59. The van der Waals surface area contributed by atoms with E-state index in [-0.39, 0.29) is 0 Å². The number of nitrogen functional groups attached to an aromatic ring is 1. The van der Waals surface area contributed by atoms with Gasteiger partial charge in [-0.2, -0.15) is 0 Å². The minimum atomic E-state index is -0.838. The van der Waals surface area contributed by atoms with Gasteiger partial charge in [0, 0.05) is 0 Å². The summed E-state index contributed by atoms with van der Waals surface area (Å²) in [5, 5.41) is 9.66. The third-order valence-electron chi connectivity index (χ3n) is 2.86. The number of nitrogens with two attached hydrogens (primary N) is 1. The summed E-state index contributed by atoms with van der Waals surface area (Å²) in [6.45, 7) is 2.09. The van der Waals surface area contributed by atoms with Gasteiger partial charge < -0.3 is 10.8 Å². The number of hydrogen-bond acceptors (Lipinski definition) is 2. The SMILES string of the molecule is CCCCCC(C(=O)O)c1cccc(Cl)c1N. The molecule has 0 bridgehead atoms. The summed E-state index contributed by atoms with van der Waals surface area (Å²) >= 11 is 5.91. The number of benzene rings is 1. The van der Waals surface area contributed by atoms with Gasteiger partial charge in [0.15, 0.2) is 0 Å². The van der Waals surface area contributed by atoms with E-state index in [1.54, 1.807) is 18.2 Å². The van der Waals surface area contributed by atoms with Crippen molar-refractivity contribution in [2.24, 2.45) is 0 Å². The first kappa shape index (κ1) is 13.8. The minimum Gasteiger partial charge on any atom is -0.481 e. The minimum absolute atomic E-state index is 0.387. The molecule has 0 saturated carbocycles. The lowest BCUT2D eigenvalue weighted by Gasteiger charge is -2.15. The van der Waals surface area contributed by atoms with Crippen molar-refractivity contribution < 1.29 is 9.90 Å². The highest BCUT2D eigenvalue weighted by Gasteiger charge is 2.22. The molecule has 17 heavy (non-hydrogen) atoms. The zero-order valence-corrected chi connectivity index (χ0v) is 10.7. The molecular formula is C13H18ClNO2. The van der Waals surface area contributed by atoms with Gasteiger partial charge in [0.2, 0.25) is 0 Å². The van der Waals surface area contributed by atoms with E-state index in [0.717, 1.165) is 19.3 Å². The second-order valence-corrected chi connectivity index (χ2v) is 4.54. The second-order valence-electron chi connectivity index (χ2n) is 4.13. The van der Waals surface area contributed by atoms with Crippen molar-refractivity contribution in [3.05, 3.63) is 28.8 Å². The Hall–Kier alpha value is -1.22. The molecule has 94 valence electrons. The fourth-order valence-corrected chi connectivity index (χ4v) is 2.05. The van der Waals surface area contributed by atoms with Crippen LogP contribution in [0.2, 0.25) is 5.02 Å². The molecule has 0 amide bonds. The van der Waals surface area contributed by atoms with Gasteiger partial charge in [0.05, 0.1) is 16.6 Å². The molecule has 0 aliphatic rings. The monoisotopic (exact) mass is 255 g/mol. The third-order valence-corrected chi connectivity index (χ3v) is 3.19. The first-order valence-corrected chi connectivity index (χ1v) is 6.22. The van der Waals surface area contributed by atoms with Crippen LogP contribution in [0.1, 0.15) is 44.1 Å². The molecule has 3 N–H and O–H groups in total. The van der Waals surface area contributed by atoms with Crippen LogP contribution >= 0.6 is 11.6 Å². The van der Waals surface area contributed by atoms with Gasteiger partial charge in [-0.05, 0) is 18.1 Å². The van der Waals surface area contributed by atoms with Crippen LogP contribution in [0, 0.1) is 0 Å². The molecule has 0 radical (unpaired) electrons. The van der Waals surface area contributed by atoms with Crippen LogP contribution in [-0.4, -0.2) is 11.1 Å². The van der Waals surface area contributed by atoms with Gasteiger partial charge >= 0.3 is 5.97 Å². The number of unbranched alkanes of at least 4 members (excludes halogenated alkanes) is 2. The molecule has 0 aromatic heterocycles. The summed E-state index contributed by atoms with van der Waals surface area (Å²) in [5.41, 5.74) is 6.84. The molecular weight excluding hydrogens is 238 g/mol. The van der Waals surface area contributed by atoms with E-state index in [2.05, 4.69) is 6.92 Å². The summed E-state index contributed by atoms with van der Waals surface area (Å²) in [5.74, 6) is -1.39. The van der Waals surface area contributed by atoms with Crippen LogP contribution in [0.4, 0.5) is 5.69 Å². The van der Waals surface area contributed by atoms with Crippen LogP contribution in [0.15, 0.2) is 18.2 Å². The van der Waals surface area contributed by atoms with Crippen molar-refractivity contribution in [1.29, 1.82) is 0 Å². The van der Waals surface area contributed by atoms with Gasteiger partial charge in [0.25, 0.3) is 0 Å². The van der Waals surface area contributed by atoms with Crippen molar-refractivity contribution in [2.45, 2.75) is 38.5 Å². The molecule has 0 aliphatic heterocycles. The summed E-state index contributed by atoms with van der Waals surface area (Å²) in [7, 11) is 0. The maximum absolute atomic E-state index is 11.3. The van der Waals surface area contributed by atoms with Crippen molar-refractivity contribution in [3.63, 3.8) is 0 Å². The van der Waals surface area contributed by atoms with Gasteiger partial charge in [-0.25, -0.2) is 0 Å². The van der Waals surface area contributed by atoms with E-state index < -0.39 is 11.9 Å². The summed E-state index contributed by atoms with van der Waals surface area (Å²) in [6, 6.07) is 5.15. The zero-order chi connectivity index (χ0) is 12.8. The highest BCUT2D eigenvalue weighted by molar-refractivity contribution is 6.33. The topological polar surface area (TPSA) is 63.3 Å². The quantitative estimate of drug-likeness (QED) is 0.602. The standard InChI is InChI=1S/C13H18ClNO2/c1-2-3-4-6-10(13(16)17)9-7-5-8-11(14)12(9)15/h5,7-8,10H,2-4,6,15H2,1H3,(H,16,17). The highest BCUT2D eigenvalue weighted by atomic mass is 35.5. The lowest BCUT2D eigenvalue weighted by Crippen LogP contribution is -2.13. The molecule has 1 atom stereocenters. The number of para-hydroxylation sites is 1. The van der Waals surface area contributed by atoms with E-state index in [1.807, 2.05) is 0 Å². The smallest absolute Gasteiger partial charge is 0.311 e. The summed E-state index contributed by atoms with van der Waals surface area (Å²) < 4.78 is 0. The molecule has 3 nitrogen and oxygen atoms in total. The normalized spacial score (nSPS) is 12.4. The van der Waals surface area contributed by atoms with Gasteiger partial charge in [-0.3, -0.25) is 4.79 Å². The van der Waals surface area contributed by atoms with Gasteiger partial charge in [-0.15, -0.1) is 0 Å². The largest absolute Gasteiger partial charge is 0.481 e. The van der Waals surface area contributed by atoms with Crippen LogP contribution in [0.3, 0.4) is 0 Å². The number of carboxylic acids is 1. The maximum Gasteiger partial charge on any atom is 0.311 e. The van der Waals surface area contributed by atoms with E-state index in [0.29, 0.717) is 22.7 Å². The number of halogens is 1. The molecule has 1 aromatic carbocycles. The Morgan fingerprint density at radius 1 is 1.47 bits per heavy atom. The second kappa shape index (κ2) is 6.50. The lowest BCUT2D eigenvalue weighted by molar-refractivity contribution is -0.139. The highest BCUT2D eigenvalue weighted by Crippen LogP contribution is 2.31. The van der Waals surface area contributed by atoms with Crippen LogP contribution in [0.25, 0.3) is 0 Å². The Bertz CT molecular complexity index is 393. The number of anilines is 1. The molecule has 0 spiro atoms. The van der Waals surface area contributed by atoms with Crippen LogP contribution < -0.4 is 5.73 Å². The Morgan fingerprint density at radius 2 is 2.18 bits per heavy atom. The maximum atomic E-state index is 11.3. The molecule has 4 heteroatoms. The molecule has 0 saturated heterocycles. The van der Waals surface area contributed by atoms with E-state index in [9.17, 15) is 9.90 Å². The fraction of sp³-hybridized carbons (Fsp3) is 0.462. The molecule has 0 heterocycles. The molecule has 0 fully saturated rings. The van der Waals surface area contributed by atoms with Crippen LogP contribution in [-0.2, 0) is 4.79 Å².